The van der Waals surface area contributed by atoms with Crippen molar-refractivity contribution in [3.8, 4) is 0 Å². The Bertz CT molecular complexity index is 129. The molecule has 0 rings (SSSR count). The second-order valence-corrected chi connectivity index (χ2v) is 2.75. The fourth-order valence-electron chi connectivity index (χ4n) is 0. The van der Waals surface area contributed by atoms with Gasteiger partial charge in [-0.05, 0) is 0 Å². The summed E-state index contributed by atoms with van der Waals surface area (Å²) in [4.78, 5) is 49.9. The summed E-state index contributed by atoms with van der Waals surface area (Å²) in [5.74, 6) is 0. The average molecular weight is 262 g/mol. The van der Waals surface area contributed by atoms with E-state index in [4.69, 9.17) is 38.5 Å². The van der Waals surface area contributed by atoms with Gasteiger partial charge in [0.1, 0.15) is 0 Å². The molecule has 0 atom stereocenters. The Morgan fingerprint density at radius 1 is 0.917 bits per heavy atom. The Labute approximate surface area is 105 Å². The van der Waals surface area contributed by atoms with Crippen molar-refractivity contribution in [1.82, 2.24) is 0 Å². The van der Waals surface area contributed by atoms with Gasteiger partial charge in [0.25, 0.3) is 0 Å². The van der Waals surface area contributed by atoms with Gasteiger partial charge < -0.3 is 38.5 Å². The van der Waals surface area contributed by atoms with Crippen molar-refractivity contribution >= 4 is 15.6 Å². The fourth-order valence-corrected chi connectivity index (χ4v) is 0. The zero-order chi connectivity index (χ0) is 9.00. The van der Waals surface area contributed by atoms with Gasteiger partial charge in [0, 0.05) is 0 Å². The largest absolute Gasteiger partial charge is 4.00 e. The first-order chi connectivity index (χ1) is 4.00. The van der Waals surface area contributed by atoms with E-state index in [2.05, 4.69) is 0 Å². The van der Waals surface area contributed by atoms with Crippen molar-refractivity contribution in [1.29, 1.82) is 0 Å². The van der Waals surface area contributed by atoms with Crippen LogP contribution < -0.4 is 54.0 Å². The molecule has 0 bridgehead atoms. The maximum Gasteiger partial charge on any atom is 4.00 e. The van der Waals surface area contributed by atoms with Crippen LogP contribution in [0.3, 0.4) is 0 Å². The van der Waals surface area contributed by atoms with Crippen molar-refractivity contribution in [2.24, 2.45) is 0 Å². The minimum absolute atomic E-state index is 0. The van der Waals surface area contributed by atoms with Crippen LogP contribution in [-0.4, -0.2) is 4.89 Å². The van der Waals surface area contributed by atoms with Gasteiger partial charge in [0.2, 0.25) is 0 Å². The molecule has 0 aromatic rings. The molecule has 8 nitrogen and oxygen atoms in total. The summed E-state index contributed by atoms with van der Waals surface area (Å²) < 4.78 is 17.2. The second-order valence-electron chi connectivity index (χ2n) is 0.916. The summed E-state index contributed by atoms with van der Waals surface area (Å²) in [6, 6.07) is 0. The molecule has 0 fully saturated rings. The van der Waals surface area contributed by atoms with Gasteiger partial charge in [0.15, 0.2) is 0 Å². The van der Waals surface area contributed by atoms with Gasteiger partial charge in [-0.15, -0.1) is 0 Å². The zero-order valence-corrected chi connectivity index (χ0v) is 11.0. The van der Waals surface area contributed by atoms with E-state index in [1.54, 1.807) is 0 Å². The summed E-state index contributed by atoms with van der Waals surface area (Å²) in [5.41, 5.74) is 0. The molecular weight excluding hydrogens is 261 g/mol. The van der Waals surface area contributed by atoms with Gasteiger partial charge in [-0.3, -0.25) is 0 Å². The molecule has 12 heavy (non-hydrogen) atoms. The minimum atomic E-state index is -5.39. The molecule has 0 aliphatic carbocycles. The van der Waals surface area contributed by atoms with Crippen LogP contribution in [0.5, 0.6) is 0 Å². The molecule has 0 saturated heterocycles. The molecule has 0 aromatic heterocycles. The summed E-state index contributed by atoms with van der Waals surface area (Å²) in [5, 5.41) is 0. The molecule has 0 heterocycles. The van der Waals surface area contributed by atoms with E-state index in [0.717, 1.165) is 0 Å². The molecule has 0 saturated carbocycles. The van der Waals surface area contributed by atoms with Gasteiger partial charge in [-0.25, -0.2) is 0 Å². The molecule has 0 unspecified atom stereocenters. The normalized spacial score (nSPS) is 9.83. The van der Waals surface area contributed by atoms with Crippen LogP contribution in [0.2, 0.25) is 0 Å². The Kier molecular flexibility index (Phi) is 18.7. The summed E-state index contributed by atoms with van der Waals surface area (Å²) in [6.07, 6.45) is 0. The predicted molar refractivity (Wildman–Crippen MR) is 17.4 cm³/mol. The van der Waals surface area contributed by atoms with Gasteiger partial charge in [-0.2, -0.15) is 7.82 Å². The summed E-state index contributed by atoms with van der Waals surface area (Å²) in [7, 11) is -10.5. The topological polar surface area (TPSA) is 170 Å². The van der Waals surface area contributed by atoms with E-state index in [1.807, 2.05) is 0 Å². The van der Waals surface area contributed by atoms with Gasteiger partial charge >= 0.3 is 51.3 Å². The first kappa shape index (κ1) is 23.6. The molecule has 0 amide bonds. The third kappa shape index (κ3) is 381. The molecular formula is HNaO8P2Ti. The number of hydrogen-bond donors (Lipinski definition) is 1. The maximum atomic E-state index is 8.66. The molecule has 0 radical (unpaired) electrons. The molecule has 0 aliphatic rings. The van der Waals surface area contributed by atoms with Crippen molar-refractivity contribution in [2.75, 3.05) is 0 Å². The number of hydrogen-bond acceptors (Lipinski definition) is 7. The molecule has 0 spiro atoms. The third-order valence-corrected chi connectivity index (χ3v) is 0. The number of rotatable bonds is 0. The Balaban J connectivity index is -0.0000000457. The van der Waals surface area contributed by atoms with E-state index in [1.165, 1.54) is 0 Å². The van der Waals surface area contributed by atoms with Crippen LogP contribution in [-0.2, 0) is 30.8 Å². The van der Waals surface area contributed by atoms with Crippen LogP contribution in [0, 0.1) is 0 Å². The van der Waals surface area contributed by atoms with E-state index >= 15 is 0 Å². The number of phosphoric acid groups is 2. The zero-order valence-electron chi connectivity index (χ0n) is 5.70. The predicted octanol–water partition coefficient (Wildman–Crippen LogP) is -8.02. The third-order valence-electron chi connectivity index (χ3n) is 0. The monoisotopic (exact) mass is 262 g/mol. The smallest absolute Gasteiger partial charge is 0.822 e. The van der Waals surface area contributed by atoms with Crippen molar-refractivity contribution < 1.29 is 89.8 Å². The Morgan fingerprint density at radius 2 is 0.917 bits per heavy atom. The van der Waals surface area contributed by atoms with Crippen LogP contribution >= 0.6 is 15.6 Å². The van der Waals surface area contributed by atoms with Crippen molar-refractivity contribution in [3.63, 3.8) is 0 Å². The fraction of sp³-hybridized carbons (Fsp3) is 0. The Hall–Kier alpha value is 1.93. The molecule has 12 heteroatoms. The first-order valence-corrected chi connectivity index (χ1v) is 4.43. The van der Waals surface area contributed by atoms with Gasteiger partial charge in [0.05, 0.1) is 7.82 Å². The van der Waals surface area contributed by atoms with E-state index in [-0.39, 0.29) is 51.3 Å². The maximum absolute atomic E-state index is 8.66. The van der Waals surface area contributed by atoms with E-state index in [9.17, 15) is 0 Å². The SMILES string of the molecule is O=P([O-])([O-])O.O=P([O-])([O-])[O-].[Na+].[Ti+4]. The first-order valence-electron chi connectivity index (χ1n) is 1.48. The van der Waals surface area contributed by atoms with Gasteiger partial charge in [-0.1, -0.05) is 0 Å². The summed E-state index contributed by atoms with van der Waals surface area (Å²) in [6.45, 7) is 0. The van der Waals surface area contributed by atoms with E-state index < -0.39 is 15.6 Å². The quantitative estimate of drug-likeness (QED) is 0.331. The Morgan fingerprint density at radius 3 is 0.917 bits per heavy atom. The van der Waals surface area contributed by atoms with Crippen molar-refractivity contribution in [2.45, 2.75) is 0 Å². The summed E-state index contributed by atoms with van der Waals surface area (Å²) >= 11 is 0. The second kappa shape index (κ2) is 9.49. The molecule has 1 N–H and O–H groups in total. The minimum Gasteiger partial charge on any atom is -0.822 e. The van der Waals surface area contributed by atoms with Crippen LogP contribution in [0.4, 0.5) is 0 Å². The standard InChI is InChI=1S/Na.2H3O4P.Ti/c;2*1-5(2,3)4;/h;2*(H3,1,2,3,4);/q+1;;;+4/p-5. The van der Waals surface area contributed by atoms with E-state index in [0.29, 0.717) is 0 Å². The molecule has 0 aliphatic heterocycles. The van der Waals surface area contributed by atoms with Crippen molar-refractivity contribution in [3.05, 3.63) is 0 Å². The molecule has 0 aromatic carbocycles. The van der Waals surface area contributed by atoms with Crippen LogP contribution in [0.25, 0.3) is 0 Å². The average Bonchev–Trinajstić information content (AvgIpc) is 1.12. The van der Waals surface area contributed by atoms with Crippen LogP contribution in [0.1, 0.15) is 0 Å². The molecule has 64 valence electrons. The van der Waals surface area contributed by atoms with Crippen LogP contribution in [0.15, 0.2) is 0 Å².